The van der Waals surface area contributed by atoms with Gasteiger partial charge in [-0.3, -0.25) is 0 Å². The Morgan fingerprint density at radius 2 is 1.85 bits per heavy atom. The predicted molar refractivity (Wildman–Crippen MR) is 104 cm³/mol. The standard InChI is InChI=1S/C20H23ClFN3O/c1-14-9-20(26-18-11-16(21)10-17(22)12-18)15(2)8-19(14)23-13-24-25-6-4-3-5-7-25/h8-13H,3-7H2,1-2H3,(H,23,24). The van der Waals surface area contributed by atoms with Gasteiger partial charge in [-0.1, -0.05) is 18.0 Å². The number of hydrazine groups is 1. The molecule has 0 aliphatic carbocycles. The van der Waals surface area contributed by atoms with E-state index in [0.29, 0.717) is 16.5 Å². The van der Waals surface area contributed by atoms with Crippen molar-refractivity contribution in [2.24, 2.45) is 4.99 Å². The highest BCUT2D eigenvalue weighted by atomic mass is 35.5. The Kier molecular flexibility index (Phi) is 6.12. The van der Waals surface area contributed by atoms with Gasteiger partial charge in [0.15, 0.2) is 0 Å². The van der Waals surface area contributed by atoms with Crippen molar-refractivity contribution < 1.29 is 9.13 Å². The molecular weight excluding hydrogens is 353 g/mol. The van der Waals surface area contributed by atoms with Crippen molar-refractivity contribution in [3.05, 3.63) is 52.3 Å². The van der Waals surface area contributed by atoms with E-state index in [2.05, 4.69) is 15.4 Å². The molecule has 138 valence electrons. The number of hydrogen-bond acceptors (Lipinski definition) is 3. The lowest BCUT2D eigenvalue weighted by molar-refractivity contribution is 0.197. The Morgan fingerprint density at radius 3 is 2.58 bits per heavy atom. The Balaban J connectivity index is 1.71. The Hall–Kier alpha value is -2.11. The maximum absolute atomic E-state index is 13.5. The molecule has 0 saturated carbocycles. The third-order valence-corrected chi connectivity index (χ3v) is 4.58. The minimum absolute atomic E-state index is 0.305. The topological polar surface area (TPSA) is 36.9 Å². The van der Waals surface area contributed by atoms with Crippen LogP contribution in [0, 0.1) is 19.7 Å². The fraction of sp³-hybridized carbons (Fsp3) is 0.350. The second-order valence-corrected chi connectivity index (χ2v) is 6.98. The summed E-state index contributed by atoms with van der Waals surface area (Å²) in [7, 11) is 0. The number of nitrogens with zero attached hydrogens (tertiary/aromatic N) is 2. The minimum Gasteiger partial charge on any atom is -0.457 e. The summed E-state index contributed by atoms with van der Waals surface area (Å²) in [6.07, 6.45) is 5.47. The summed E-state index contributed by atoms with van der Waals surface area (Å²) in [5.41, 5.74) is 6.00. The average molecular weight is 376 g/mol. The first-order valence-corrected chi connectivity index (χ1v) is 9.18. The molecule has 4 nitrogen and oxygen atoms in total. The molecule has 6 heteroatoms. The van der Waals surface area contributed by atoms with Gasteiger partial charge in [-0.2, -0.15) is 0 Å². The molecule has 2 aromatic rings. The van der Waals surface area contributed by atoms with Gasteiger partial charge < -0.3 is 10.2 Å². The molecule has 2 aromatic carbocycles. The zero-order chi connectivity index (χ0) is 18.5. The van der Waals surface area contributed by atoms with Crippen LogP contribution in [0.5, 0.6) is 11.5 Å². The van der Waals surface area contributed by atoms with Gasteiger partial charge >= 0.3 is 0 Å². The summed E-state index contributed by atoms with van der Waals surface area (Å²) >= 11 is 5.88. The van der Waals surface area contributed by atoms with Crippen molar-refractivity contribution in [1.82, 2.24) is 10.4 Å². The molecule has 0 bridgehead atoms. The lowest BCUT2D eigenvalue weighted by Gasteiger charge is -2.25. The largest absolute Gasteiger partial charge is 0.457 e. The van der Waals surface area contributed by atoms with Crippen molar-refractivity contribution in [2.75, 3.05) is 13.1 Å². The van der Waals surface area contributed by atoms with E-state index < -0.39 is 5.82 Å². The number of nitrogens with one attached hydrogen (secondary N) is 1. The highest BCUT2D eigenvalue weighted by Crippen LogP contribution is 2.32. The third kappa shape index (κ3) is 4.96. The molecule has 1 aliphatic rings. The summed E-state index contributed by atoms with van der Waals surface area (Å²) < 4.78 is 19.3. The van der Waals surface area contributed by atoms with E-state index in [4.69, 9.17) is 16.3 Å². The van der Waals surface area contributed by atoms with E-state index in [1.807, 2.05) is 26.0 Å². The molecule has 1 fully saturated rings. The summed E-state index contributed by atoms with van der Waals surface area (Å²) in [6.45, 7) is 6.01. The molecule has 0 amide bonds. The van der Waals surface area contributed by atoms with Gasteiger partial charge in [-0.25, -0.2) is 14.4 Å². The molecule has 1 aliphatic heterocycles. The molecule has 0 spiro atoms. The van der Waals surface area contributed by atoms with E-state index >= 15 is 0 Å². The molecule has 0 unspecified atom stereocenters. The fourth-order valence-corrected chi connectivity index (χ4v) is 3.15. The van der Waals surface area contributed by atoms with Crippen LogP contribution in [0.1, 0.15) is 30.4 Å². The van der Waals surface area contributed by atoms with Gasteiger partial charge in [0.1, 0.15) is 23.7 Å². The predicted octanol–water partition coefficient (Wildman–Crippen LogP) is 5.54. The Morgan fingerprint density at radius 1 is 1.08 bits per heavy atom. The van der Waals surface area contributed by atoms with E-state index in [0.717, 1.165) is 29.9 Å². The lowest BCUT2D eigenvalue weighted by atomic mass is 10.1. The third-order valence-electron chi connectivity index (χ3n) is 4.36. The molecule has 0 aromatic heterocycles. The molecule has 1 saturated heterocycles. The van der Waals surface area contributed by atoms with Gasteiger partial charge in [-0.05, 0) is 62.1 Å². The number of benzene rings is 2. The van der Waals surface area contributed by atoms with Crippen LogP contribution >= 0.6 is 11.6 Å². The number of halogens is 2. The fourth-order valence-electron chi connectivity index (χ4n) is 2.94. The van der Waals surface area contributed by atoms with Gasteiger partial charge in [-0.15, -0.1) is 0 Å². The second-order valence-electron chi connectivity index (χ2n) is 6.55. The monoisotopic (exact) mass is 375 g/mol. The summed E-state index contributed by atoms with van der Waals surface area (Å²) in [5, 5.41) is 2.49. The van der Waals surface area contributed by atoms with Gasteiger partial charge in [0.25, 0.3) is 0 Å². The lowest BCUT2D eigenvalue weighted by Crippen LogP contribution is -2.40. The van der Waals surface area contributed by atoms with Crippen LogP contribution in [-0.4, -0.2) is 24.4 Å². The Bertz CT molecular complexity index is 784. The molecule has 3 rings (SSSR count). The van der Waals surface area contributed by atoms with E-state index in [-0.39, 0.29) is 0 Å². The number of ether oxygens (including phenoxy) is 1. The maximum atomic E-state index is 13.5. The zero-order valence-corrected chi connectivity index (χ0v) is 15.8. The van der Waals surface area contributed by atoms with E-state index in [9.17, 15) is 4.39 Å². The first-order chi connectivity index (χ1) is 12.5. The van der Waals surface area contributed by atoms with E-state index in [1.54, 1.807) is 12.4 Å². The second kappa shape index (κ2) is 8.52. The molecule has 1 heterocycles. The summed E-state index contributed by atoms with van der Waals surface area (Å²) in [5.74, 6) is 0.611. The normalized spacial score (nSPS) is 15.4. The van der Waals surface area contributed by atoms with Crippen molar-refractivity contribution in [3.63, 3.8) is 0 Å². The number of aryl methyl sites for hydroxylation is 2. The SMILES string of the molecule is Cc1cc(Oc2cc(F)cc(Cl)c2)c(C)cc1/N=C/NN1CCCCC1. The highest BCUT2D eigenvalue weighted by molar-refractivity contribution is 6.30. The first-order valence-electron chi connectivity index (χ1n) is 8.80. The van der Waals surface area contributed by atoms with Crippen LogP contribution in [0.4, 0.5) is 10.1 Å². The van der Waals surface area contributed by atoms with Crippen molar-refractivity contribution in [2.45, 2.75) is 33.1 Å². The zero-order valence-electron chi connectivity index (χ0n) is 15.1. The summed E-state index contributed by atoms with van der Waals surface area (Å²) in [4.78, 5) is 4.52. The van der Waals surface area contributed by atoms with E-state index in [1.165, 1.54) is 31.4 Å². The van der Waals surface area contributed by atoms with Crippen molar-refractivity contribution in [1.29, 1.82) is 0 Å². The van der Waals surface area contributed by atoms with Gasteiger partial charge in [0.2, 0.25) is 0 Å². The van der Waals surface area contributed by atoms with Crippen LogP contribution in [0.2, 0.25) is 5.02 Å². The highest BCUT2D eigenvalue weighted by Gasteiger charge is 2.09. The van der Waals surface area contributed by atoms with Crippen molar-refractivity contribution in [3.8, 4) is 11.5 Å². The first kappa shape index (κ1) is 18.7. The minimum atomic E-state index is -0.424. The molecule has 0 radical (unpaired) electrons. The van der Waals surface area contributed by atoms with Gasteiger partial charge in [0.05, 0.1) is 5.69 Å². The quantitative estimate of drug-likeness (QED) is 0.550. The van der Waals surface area contributed by atoms with Crippen LogP contribution in [0.3, 0.4) is 0 Å². The maximum Gasteiger partial charge on any atom is 0.131 e. The number of aliphatic imine (C=N–C) groups is 1. The number of piperidine rings is 1. The molecule has 26 heavy (non-hydrogen) atoms. The number of hydrogen-bond donors (Lipinski definition) is 1. The molecule has 1 N–H and O–H groups in total. The molecular formula is C20H23ClFN3O. The molecule has 0 atom stereocenters. The average Bonchev–Trinajstić information content (AvgIpc) is 2.59. The van der Waals surface area contributed by atoms with Crippen LogP contribution in [0.15, 0.2) is 35.3 Å². The van der Waals surface area contributed by atoms with Crippen LogP contribution in [0.25, 0.3) is 0 Å². The van der Waals surface area contributed by atoms with Gasteiger partial charge in [0, 0.05) is 24.2 Å². The summed E-state index contributed by atoms with van der Waals surface area (Å²) in [6, 6.07) is 8.02. The smallest absolute Gasteiger partial charge is 0.131 e. The Labute approximate surface area is 158 Å². The van der Waals surface area contributed by atoms with Crippen LogP contribution < -0.4 is 10.2 Å². The number of rotatable bonds is 5. The van der Waals surface area contributed by atoms with Crippen molar-refractivity contribution >= 4 is 23.6 Å². The van der Waals surface area contributed by atoms with Crippen LogP contribution in [-0.2, 0) is 0 Å².